The molecule has 0 bridgehead atoms. The summed E-state index contributed by atoms with van der Waals surface area (Å²) in [5.41, 5.74) is 5.54. The fraction of sp³-hybridized carbons (Fsp3) is 0.0500. The van der Waals surface area contributed by atoms with E-state index in [1.54, 1.807) is 12.3 Å². The van der Waals surface area contributed by atoms with Gasteiger partial charge in [0, 0.05) is 40.2 Å². The Morgan fingerprint density at radius 3 is 2.68 bits per heavy atom. The van der Waals surface area contributed by atoms with Crippen molar-refractivity contribution >= 4 is 16.7 Å². The summed E-state index contributed by atoms with van der Waals surface area (Å²) < 4.78 is 0. The lowest BCUT2D eigenvalue weighted by molar-refractivity contribution is 0.398. The molecule has 1 atom stereocenters. The van der Waals surface area contributed by atoms with Crippen molar-refractivity contribution in [2.24, 2.45) is 0 Å². The van der Waals surface area contributed by atoms with Crippen molar-refractivity contribution in [3.05, 3.63) is 72.1 Å². The number of anilines is 1. The number of phenols is 2. The Bertz CT molecular complexity index is 1120. The number of para-hydroxylation sites is 2. The third kappa shape index (κ3) is 1.92. The van der Waals surface area contributed by atoms with Crippen LogP contribution in [0.5, 0.6) is 11.5 Å². The summed E-state index contributed by atoms with van der Waals surface area (Å²) in [4.78, 5) is 7.65. The van der Waals surface area contributed by atoms with E-state index < -0.39 is 0 Å². The van der Waals surface area contributed by atoms with E-state index in [0.29, 0.717) is 5.56 Å². The first-order chi connectivity index (χ1) is 12.2. The zero-order valence-corrected chi connectivity index (χ0v) is 13.2. The van der Waals surface area contributed by atoms with Crippen molar-refractivity contribution in [1.82, 2.24) is 9.97 Å². The number of pyridine rings is 1. The quantitative estimate of drug-likeness (QED) is 0.395. The average Bonchev–Trinajstić information content (AvgIpc) is 3.00. The van der Waals surface area contributed by atoms with Gasteiger partial charge in [0.15, 0.2) is 11.5 Å². The topological polar surface area (TPSA) is 81.2 Å². The van der Waals surface area contributed by atoms with E-state index >= 15 is 0 Å². The molecule has 0 aliphatic carbocycles. The highest BCUT2D eigenvalue weighted by Gasteiger charge is 2.28. The molecule has 4 aromatic rings. The van der Waals surface area contributed by atoms with Crippen molar-refractivity contribution < 1.29 is 10.2 Å². The summed E-state index contributed by atoms with van der Waals surface area (Å²) in [6.07, 6.45) is 3.70. The molecule has 5 nitrogen and oxygen atoms in total. The number of aromatic hydroxyl groups is 2. The predicted molar refractivity (Wildman–Crippen MR) is 96.8 cm³/mol. The standard InChI is InChI=1S/C20H15N3O2/c24-16-7-3-5-13(19(16)25)18-14-10-22-20-17(14)12(8-9-21-20)11-4-1-2-6-15(11)23-18/h1-10,18,23-25H,(H,21,22). The van der Waals surface area contributed by atoms with Crippen molar-refractivity contribution in [2.75, 3.05) is 5.32 Å². The number of benzene rings is 2. The fourth-order valence-corrected chi connectivity index (χ4v) is 3.64. The van der Waals surface area contributed by atoms with Crippen LogP contribution in [0.4, 0.5) is 5.69 Å². The van der Waals surface area contributed by atoms with Gasteiger partial charge in [-0.1, -0.05) is 30.3 Å². The Labute approximate surface area is 143 Å². The summed E-state index contributed by atoms with van der Waals surface area (Å²) >= 11 is 0. The van der Waals surface area contributed by atoms with Gasteiger partial charge >= 0.3 is 0 Å². The summed E-state index contributed by atoms with van der Waals surface area (Å²) in [7, 11) is 0. The minimum absolute atomic E-state index is 0.112. The molecule has 0 saturated carbocycles. The predicted octanol–water partition coefficient (Wildman–Crippen LogP) is 4.16. The Morgan fingerprint density at radius 2 is 1.76 bits per heavy atom. The highest BCUT2D eigenvalue weighted by atomic mass is 16.3. The molecule has 122 valence electrons. The first kappa shape index (κ1) is 13.9. The van der Waals surface area contributed by atoms with Crippen LogP contribution in [0.25, 0.3) is 22.2 Å². The number of phenolic OH excluding ortho intramolecular Hbond substituents is 2. The Hall–Kier alpha value is -3.47. The maximum Gasteiger partial charge on any atom is 0.163 e. The smallest absolute Gasteiger partial charge is 0.163 e. The van der Waals surface area contributed by atoms with Crippen molar-refractivity contribution in [2.45, 2.75) is 6.04 Å². The largest absolute Gasteiger partial charge is 0.504 e. The fourth-order valence-electron chi connectivity index (χ4n) is 3.64. The maximum atomic E-state index is 10.4. The van der Waals surface area contributed by atoms with Crippen LogP contribution >= 0.6 is 0 Å². The van der Waals surface area contributed by atoms with Crippen LogP contribution in [0, 0.1) is 0 Å². The van der Waals surface area contributed by atoms with Gasteiger partial charge in [-0.05, 0) is 23.8 Å². The zero-order chi connectivity index (χ0) is 17.0. The normalized spacial score (nSPS) is 15.4. The Balaban J connectivity index is 1.86. The lowest BCUT2D eigenvalue weighted by atomic mass is 9.96. The molecule has 1 aliphatic heterocycles. The van der Waals surface area contributed by atoms with E-state index in [9.17, 15) is 10.2 Å². The van der Waals surface area contributed by atoms with Crippen molar-refractivity contribution in [3.8, 4) is 22.6 Å². The molecule has 0 fully saturated rings. The van der Waals surface area contributed by atoms with Gasteiger partial charge in [0.1, 0.15) is 5.65 Å². The average molecular weight is 329 g/mol. The second-order valence-electron chi connectivity index (χ2n) is 6.16. The number of aromatic amines is 1. The molecule has 5 rings (SSSR count). The lowest BCUT2D eigenvalue weighted by Gasteiger charge is -2.20. The molecule has 2 aromatic carbocycles. The Kier molecular flexibility index (Phi) is 2.79. The van der Waals surface area contributed by atoms with E-state index in [1.807, 2.05) is 36.5 Å². The zero-order valence-electron chi connectivity index (χ0n) is 13.2. The molecule has 0 radical (unpaired) electrons. The van der Waals surface area contributed by atoms with Crippen LogP contribution in [-0.2, 0) is 0 Å². The van der Waals surface area contributed by atoms with E-state index in [2.05, 4.69) is 21.4 Å². The van der Waals surface area contributed by atoms with Crippen LogP contribution in [0.3, 0.4) is 0 Å². The van der Waals surface area contributed by atoms with Crippen LogP contribution in [-0.4, -0.2) is 20.2 Å². The first-order valence-electron chi connectivity index (χ1n) is 8.07. The minimum atomic E-state index is -0.313. The maximum absolute atomic E-state index is 10.4. The SMILES string of the molecule is Oc1cccc(C2Nc3ccccc3-c3ccnc4[nH]cc2c34)c1O. The van der Waals surface area contributed by atoms with Crippen molar-refractivity contribution in [3.63, 3.8) is 0 Å². The van der Waals surface area contributed by atoms with Gasteiger partial charge in [0.2, 0.25) is 0 Å². The highest BCUT2D eigenvalue weighted by molar-refractivity contribution is 6.01. The molecule has 25 heavy (non-hydrogen) atoms. The minimum Gasteiger partial charge on any atom is -0.504 e. The summed E-state index contributed by atoms with van der Waals surface area (Å²) in [6, 6.07) is 14.8. The summed E-state index contributed by atoms with van der Waals surface area (Å²) in [6.45, 7) is 0. The number of fused-ring (bicyclic) bond motifs is 2. The number of nitrogens with one attached hydrogen (secondary N) is 2. The molecule has 4 N–H and O–H groups in total. The van der Waals surface area contributed by atoms with Crippen LogP contribution < -0.4 is 5.32 Å². The number of aromatic nitrogens is 2. The van der Waals surface area contributed by atoms with E-state index in [1.165, 1.54) is 6.07 Å². The molecule has 0 amide bonds. The van der Waals surface area contributed by atoms with E-state index in [0.717, 1.165) is 33.4 Å². The molecule has 5 heteroatoms. The molecular formula is C20H15N3O2. The van der Waals surface area contributed by atoms with Gasteiger partial charge in [0.25, 0.3) is 0 Å². The van der Waals surface area contributed by atoms with Crippen LogP contribution in [0.2, 0.25) is 0 Å². The van der Waals surface area contributed by atoms with E-state index in [-0.39, 0.29) is 17.5 Å². The number of H-pyrrole nitrogens is 1. The summed E-state index contributed by atoms with van der Waals surface area (Å²) in [5.74, 6) is -0.241. The third-order valence-electron chi connectivity index (χ3n) is 4.79. The molecule has 2 aromatic heterocycles. The summed E-state index contributed by atoms with van der Waals surface area (Å²) in [5, 5.41) is 24.9. The third-order valence-corrected chi connectivity index (χ3v) is 4.79. The number of hydrogen-bond donors (Lipinski definition) is 4. The van der Waals surface area contributed by atoms with Crippen molar-refractivity contribution in [1.29, 1.82) is 0 Å². The molecule has 0 saturated heterocycles. The molecule has 3 heterocycles. The number of hydrogen-bond acceptors (Lipinski definition) is 4. The van der Waals surface area contributed by atoms with Gasteiger partial charge in [-0.25, -0.2) is 4.98 Å². The number of rotatable bonds is 1. The van der Waals surface area contributed by atoms with Gasteiger partial charge in [-0.3, -0.25) is 0 Å². The first-order valence-corrected chi connectivity index (χ1v) is 8.07. The molecule has 1 unspecified atom stereocenters. The van der Waals surface area contributed by atoms with Crippen LogP contribution in [0.1, 0.15) is 17.2 Å². The second kappa shape index (κ2) is 5.01. The van der Waals surface area contributed by atoms with Crippen LogP contribution in [0.15, 0.2) is 60.9 Å². The highest BCUT2D eigenvalue weighted by Crippen LogP contribution is 2.46. The lowest BCUT2D eigenvalue weighted by Crippen LogP contribution is -2.11. The number of nitrogens with zero attached hydrogens (tertiary/aromatic N) is 1. The van der Waals surface area contributed by atoms with E-state index in [4.69, 9.17) is 0 Å². The molecule has 0 spiro atoms. The van der Waals surface area contributed by atoms with Gasteiger partial charge < -0.3 is 20.5 Å². The Morgan fingerprint density at radius 1 is 0.880 bits per heavy atom. The van der Waals surface area contributed by atoms with Gasteiger partial charge in [-0.15, -0.1) is 0 Å². The molecular weight excluding hydrogens is 314 g/mol. The van der Waals surface area contributed by atoms with Gasteiger partial charge in [0.05, 0.1) is 6.04 Å². The molecule has 1 aliphatic rings. The second-order valence-corrected chi connectivity index (χ2v) is 6.16. The monoisotopic (exact) mass is 329 g/mol. The van der Waals surface area contributed by atoms with Gasteiger partial charge in [-0.2, -0.15) is 0 Å².